The van der Waals surface area contributed by atoms with Crippen LogP contribution in [0.25, 0.3) is 0 Å². The number of thiazole rings is 1. The van der Waals surface area contributed by atoms with Crippen LogP contribution >= 0.6 is 11.3 Å². The van der Waals surface area contributed by atoms with Crippen molar-refractivity contribution in [1.82, 2.24) is 20.5 Å². The standard InChI is InChI=1S/C17H30F3N5S/c1-4-10-25(11-5-2)12-6-8-22-16(21-3)23-9-7-15-24-14(13-26-15)17(18,19)20/h13H,4-12H2,1-3H3,(H2,21,22,23). The second kappa shape index (κ2) is 12.1. The summed E-state index contributed by atoms with van der Waals surface area (Å²) in [5.41, 5.74) is -0.816. The highest BCUT2D eigenvalue weighted by Gasteiger charge is 2.33. The first kappa shape index (κ1) is 22.7. The summed E-state index contributed by atoms with van der Waals surface area (Å²) in [5.74, 6) is 0.662. The molecule has 0 aliphatic heterocycles. The molecule has 0 bridgehead atoms. The van der Waals surface area contributed by atoms with Crippen molar-refractivity contribution in [3.8, 4) is 0 Å². The molecule has 1 aromatic heterocycles. The number of hydrogen-bond donors (Lipinski definition) is 2. The van der Waals surface area contributed by atoms with E-state index in [-0.39, 0.29) is 0 Å². The van der Waals surface area contributed by atoms with Crippen LogP contribution in [-0.2, 0) is 12.6 Å². The lowest BCUT2D eigenvalue weighted by atomic mass is 10.3. The van der Waals surface area contributed by atoms with Gasteiger partial charge in [0.1, 0.15) is 0 Å². The molecule has 0 aliphatic carbocycles. The summed E-state index contributed by atoms with van der Waals surface area (Å²) in [7, 11) is 1.68. The molecule has 150 valence electrons. The minimum absolute atomic E-state index is 0.433. The van der Waals surface area contributed by atoms with Gasteiger partial charge in [-0.2, -0.15) is 13.2 Å². The summed E-state index contributed by atoms with van der Waals surface area (Å²) in [4.78, 5) is 10.2. The number of hydrogen-bond acceptors (Lipinski definition) is 4. The predicted molar refractivity (Wildman–Crippen MR) is 102 cm³/mol. The Labute approximate surface area is 158 Å². The number of nitrogens with zero attached hydrogens (tertiary/aromatic N) is 3. The lowest BCUT2D eigenvalue weighted by Crippen LogP contribution is -2.39. The monoisotopic (exact) mass is 393 g/mol. The van der Waals surface area contributed by atoms with Crippen LogP contribution in [0.5, 0.6) is 0 Å². The zero-order chi connectivity index (χ0) is 19.4. The molecule has 5 nitrogen and oxygen atoms in total. The van der Waals surface area contributed by atoms with E-state index in [1.807, 2.05) is 0 Å². The third-order valence-electron chi connectivity index (χ3n) is 3.72. The molecule has 2 N–H and O–H groups in total. The van der Waals surface area contributed by atoms with E-state index >= 15 is 0 Å². The van der Waals surface area contributed by atoms with E-state index < -0.39 is 11.9 Å². The molecule has 1 rings (SSSR count). The van der Waals surface area contributed by atoms with Gasteiger partial charge in [0, 0.05) is 31.9 Å². The number of halogens is 3. The lowest BCUT2D eigenvalue weighted by Gasteiger charge is -2.21. The number of guanidine groups is 1. The molecule has 0 aromatic carbocycles. The van der Waals surface area contributed by atoms with Crippen molar-refractivity contribution in [3.63, 3.8) is 0 Å². The molecule has 0 aliphatic rings. The topological polar surface area (TPSA) is 52.5 Å². The van der Waals surface area contributed by atoms with Gasteiger partial charge in [0.25, 0.3) is 0 Å². The zero-order valence-electron chi connectivity index (χ0n) is 15.8. The van der Waals surface area contributed by atoms with Crippen molar-refractivity contribution in [2.24, 2.45) is 4.99 Å². The molecule has 0 atom stereocenters. The number of aliphatic imine (C=N–C) groups is 1. The molecular weight excluding hydrogens is 363 g/mol. The quantitative estimate of drug-likeness (QED) is 0.344. The number of nitrogens with one attached hydrogen (secondary N) is 2. The molecular formula is C17H30F3N5S. The Hall–Kier alpha value is -1.35. The maximum atomic E-state index is 12.5. The Morgan fingerprint density at radius 3 is 2.35 bits per heavy atom. The highest BCUT2D eigenvalue weighted by molar-refractivity contribution is 7.09. The van der Waals surface area contributed by atoms with Crippen LogP contribution in [0, 0.1) is 0 Å². The van der Waals surface area contributed by atoms with Crippen LogP contribution < -0.4 is 10.6 Å². The van der Waals surface area contributed by atoms with Gasteiger partial charge in [0.2, 0.25) is 0 Å². The van der Waals surface area contributed by atoms with Gasteiger partial charge in [0.05, 0.1) is 5.01 Å². The molecule has 26 heavy (non-hydrogen) atoms. The van der Waals surface area contributed by atoms with Crippen LogP contribution in [0.3, 0.4) is 0 Å². The van der Waals surface area contributed by atoms with Crippen LogP contribution in [0.1, 0.15) is 43.8 Å². The van der Waals surface area contributed by atoms with Gasteiger partial charge in [-0.25, -0.2) is 4.98 Å². The van der Waals surface area contributed by atoms with E-state index in [4.69, 9.17) is 0 Å². The first-order valence-corrected chi connectivity index (χ1v) is 9.97. The van der Waals surface area contributed by atoms with Crippen molar-refractivity contribution >= 4 is 17.3 Å². The molecule has 0 saturated heterocycles. The smallest absolute Gasteiger partial charge is 0.356 e. The number of alkyl halides is 3. The first-order chi connectivity index (χ1) is 12.4. The zero-order valence-corrected chi connectivity index (χ0v) is 16.6. The summed E-state index contributed by atoms with van der Waals surface area (Å²) < 4.78 is 37.6. The van der Waals surface area contributed by atoms with Crippen LogP contribution in [0.4, 0.5) is 13.2 Å². The van der Waals surface area contributed by atoms with Crippen molar-refractivity contribution in [2.45, 2.75) is 45.7 Å². The summed E-state index contributed by atoms with van der Waals surface area (Å²) in [6, 6.07) is 0. The van der Waals surface area contributed by atoms with Gasteiger partial charge in [-0.1, -0.05) is 13.8 Å². The molecule has 0 unspecified atom stereocenters. The van der Waals surface area contributed by atoms with Gasteiger partial charge < -0.3 is 15.5 Å². The Bertz CT molecular complexity index is 525. The van der Waals surface area contributed by atoms with Gasteiger partial charge >= 0.3 is 6.18 Å². The second-order valence-electron chi connectivity index (χ2n) is 6.00. The fraction of sp³-hybridized carbons (Fsp3) is 0.765. The van der Waals surface area contributed by atoms with Gasteiger partial charge in [-0.05, 0) is 38.9 Å². The average molecular weight is 394 g/mol. The Balaban J connectivity index is 2.25. The minimum Gasteiger partial charge on any atom is -0.356 e. The summed E-state index contributed by atoms with van der Waals surface area (Å²) >= 11 is 1.03. The summed E-state index contributed by atoms with van der Waals surface area (Å²) in [6.07, 6.45) is -0.611. The van der Waals surface area contributed by atoms with Crippen LogP contribution in [0.15, 0.2) is 10.4 Å². The largest absolute Gasteiger partial charge is 0.434 e. The van der Waals surface area contributed by atoms with Crippen molar-refractivity contribution in [2.75, 3.05) is 39.8 Å². The highest BCUT2D eigenvalue weighted by Crippen LogP contribution is 2.29. The highest BCUT2D eigenvalue weighted by atomic mass is 32.1. The fourth-order valence-corrected chi connectivity index (χ4v) is 3.35. The first-order valence-electron chi connectivity index (χ1n) is 9.09. The van der Waals surface area contributed by atoms with Gasteiger partial charge in [-0.15, -0.1) is 11.3 Å². The van der Waals surface area contributed by atoms with E-state index in [1.165, 1.54) is 0 Å². The third kappa shape index (κ3) is 8.84. The Kier molecular flexibility index (Phi) is 10.6. The second-order valence-corrected chi connectivity index (χ2v) is 6.94. The molecule has 0 spiro atoms. The molecule has 0 fully saturated rings. The van der Waals surface area contributed by atoms with E-state index in [2.05, 4.69) is 39.4 Å². The predicted octanol–water partition coefficient (Wildman–Crippen LogP) is 3.38. The average Bonchev–Trinajstić information content (AvgIpc) is 3.06. The molecule has 0 radical (unpaired) electrons. The number of rotatable bonds is 11. The normalized spacial score (nSPS) is 12.7. The maximum absolute atomic E-state index is 12.5. The fourth-order valence-electron chi connectivity index (χ4n) is 2.54. The van der Waals surface area contributed by atoms with Gasteiger partial charge in [-0.3, -0.25) is 4.99 Å². The lowest BCUT2D eigenvalue weighted by molar-refractivity contribution is -0.140. The minimum atomic E-state index is -4.37. The van der Waals surface area contributed by atoms with Crippen molar-refractivity contribution in [1.29, 1.82) is 0 Å². The Morgan fingerprint density at radius 2 is 1.81 bits per heavy atom. The van der Waals surface area contributed by atoms with Gasteiger partial charge in [0.15, 0.2) is 11.7 Å². The Morgan fingerprint density at radius 1 is 1.15 bits per heavy atom. The van der Waals surface area contributed by atoms with Crippen LogP contribution in [0.2, 0.25) is 0 Å². The summed E-state index contributed by atoms with van der Waals surface area (Å²) in [5, 5.41) is 7.88. The van der Waals surface area contributed by atoms with E-state index in [9.17, 15) is 13.2 Å². The molecule has 0 saturated carbocycles. The van der Waals surface area contributed by atoms with Crippen molar-refractivity contribution in [3.05, 3.63) is 16.1 Å². The summed E-state index contributed by atoms with van der Waals surface area (Å²) in [6.45, 7) is 8.95. The van der Waals surface area contributed by atoms with Crippen LogP contribution in [-0.4, -0.2) is 55.6 Å². The molecule has 9 heteroatoms. The molecule has 1 heterocycles. The van der Waals surface area contributed by atoms with E-state index in [0.29, 0.717) is 23.9 Å². The van der Waals surface area contributed by atoms with E-state index in [0.717, 1.165) is 62.2 Å². The maximum Gasteiger partial charge on any atom is 0.434 e. The molecule has 0 amide bonds. The van der Waals surface area contributed by atoms with Crippen molar-refractivity contribution < 1.29 is 13.2 Å². The number of aromatic nitrogens is 1. The van der Waals surface area contributed by atoms with E-state index in [1.54, 1.807) is 7.05 Å². The SMILES string of the molecule is CCCN(CCC)CCCNC(=NC)NCCc1nc(C(F)(F)F)cs1. The third-order valence-corrected chi connectivity index (χ3v) is 4.63. The molecule has 1 aromatic rings.